The van der Waals surface area contributed by atoms with Crippen molar-refractivity contribution in [2.24, 2.45) is 13.0 Å². The number of Topliss-reactive ketones (excluding diaryl/α,β-unsaturated/α-hetero) is 1. The number of carbonyl (C=O) groups excluding carboxylic acids is 1. The van der Waals surface area contributed by atoms with Gasteiger partial charge in [0.25, 0.3) is 5.56 Å². The van der Waals surface area contributed by atoms with E-state index in [0.717, 1.165) is 36.2 Å². The fourth-order valence-electron chi connectivity index (χ4n) is 5.26. The standard InChI is InChI=1S/C26H32N6O3/c1-17(2)11-13-31-22-23(28-25(31)30-14-19-10-7-12-27-20(19)15-30)29(3)26(35)32(24(22)34)16-21(33)18-8-5-4-6-9-18/h4-6,8-9,11,19-20,27H,7,10,12-16H2,1-3H3/t19-,20+/m0/s1. The van der Waals surface area contributed by atoms with Crippen molar-refractivity contribution >= 4 is 22.9 Å². The minimum atomic E-state index is -0.540. The lowest BCUT2D eigenvalue weighted by atomic mass is 9.94. The van der Waals surface area contributed by atoms with Crippen LogP contribution in [0.25, 0.3) is 11.2 Å². The molecule has 35 heavy (non-hydrogen) atoms. The van der Waals surface area contributed by atoms with Crippen LogP contribution in [0.5, 0.6) is 0 Å². The number of fused-ring (bicyclic) bond motifs is 2. The van der Waals surface area contributed by atoms with Crippen molar-refractivity contribution in [3.05, 3.63) is 68.4 Å². The number of ketones is 1. The molecular formula is C26H32N6O3. The molecule has 0 saturated carbocycles. The molecule has 2 aliphatic heterocycles. The summed E-state index contributed by atoms with van der Waals surface area (Å²) >= 11 is 0. The minimum Gasteiger partial charge on any atom is -0.340 e. The molecule has 0 aliphatic carbocycles. The van der Waals surface area contributed by atoms with Crippen molar-refractivity contribution < 1.29 is 4.79 Å². The number of allylic oxidation sites excluding steroid dienone is 2. The summed E-state index contributed by atoms with van der Waals surface area (Å²) in [6.07, 6.45) is 4.39. The van der Waals surface area contributed by atoms with Crippen molar-refractivity contribution in [3.63, 3.8) is 0 Å². The van der Waals surface area contributed by atoms with Crippen LogP contribution in [0.1, 0.15) is 37.0 Å². The first-order valence-electron chi connectivity index (χ1n) is 12.2. The summed E-state index contributed by atoms with van der Waals surface area (Å²) in [6.45, 7) is 6.89. The lowest BCUT2D eigenvalue weighted by Gasteiger charge is -2.24. The lowest BCUT2D eigenvalue weighted by molar-refractivity contribution is 0.0969. The Morgan fingerprint density at radius 3 is 2.63 bits per heavy atom. The average Bonchev–Trinajstić information content (AvgIpc) is 3.46. The van der Waals surface area contributed by atoms with E-state index in [1.807, 2.05) is 24.5 Å². The molecule has 1 aromatic carbocycles. The van der Waals surface area contributed by atoms with E-state index < -0.39 is 11.2 Å². The van der Waals surface area contributed by atoms with Crippen LogP contribution in [0.4, 0.5) is 5.95 Å². The highest BCUT2D eigenvalue weighted by Crippen LogP contribution is 2.30. The molecule has 2 aromatic heterocycles. The molecule has 3 aromatic rings. The molecule has 0 amide bonds. The highest BCUT2D eigenvalue weighted by atomic mass is 16.2. The fourth-order valence-corrected chi connectivity index (χ4v) is 5.26. The normalized spacial score (nSPS) is 19.7. The Labute approximate surface area is 203 Å². The first-order valence-corrected chi connectivity index (χ1v) is 12.2. The molecule has 1 N–H and O–H groups in total. The first kappa shape index (κ1) is 23.3. The second-order valence-electron chi connectivity index (χ2n) is 9.87. The van der Waals surface area contributed by atoms with Crippen LogP contribution in [0.15, 0.2) is 51.6 Å². The molecule has 2 fully saturated rings. The van der Waals surface area contributed by atoms with Gasteiger partial charge in [0.05, 0.1) is 6.54 Å². The number of anilines is 1. The van der Waals surface area contributed by atoms with Gasteiger partial charge >= 0.3 is 5.69 Å². The van der Waals surface area contributed by atoms with Crippen molar-refractivity contribution in [2.45, 2.75) is 45.8 Å². The van der Waals surface area contributed by atoms with Crippen molar-refractivity contribution in [2.75, 3.05) is 24.5 Å². The number of hydrogen-bond donors (Lipinski definition) is 1. The maximum Gasteiger partial charge on any atom is 0.332 e. The van der Waals surface area contributed by atoms with E-state index in [2.05, 4.69) is 16.3 Å². The van der Waals surface area contributed by atoms with Crippen LogP contribution in [0.2, 0.25) is 0 Å². The zero-order valence-corrected chi connectivity index (χ0v) is 20.5. The molecule has 2 atom stereocenters. The number of benzene rings is 1. The van der Waals surface area contributed by atoms with Crippen molar-refractivity contribution in [1.29, 1.82) is 0 Å². The largest absolute Gasteiger partial charge is 0.340 e. The number of rotatable bonds is 6. The van der Waals surface area contributed by atoms with E-state index in [-0.39, 0.29) is 12.3 Å². The van der Waals surface area contributed by atoms with Gasteiger partial charge in [-0.1, -0.05) is 42.0 Å². The number of carbonyl (C=O) groups is 1. The predicted molar refractivity (Wildman–Crippen MR) is 136 cm³/mol. The molecule has 9 heteroatoms. The van der Waals surface area contributed by atoms with Gasteiger partial charge in [-0.25, -0.2) is 4.79 Å². The van der Waals surface area contributed by atoms with E-state index in [1.165, 1.54) is 11.0 Å². The summed E-state index contributed by atoms with van der Waals surface area (Å²) < 4.78 is 4.33. The third kappa shape index (κ3) is 4.25. The summed E-state index contributed by atoms with van der Waals surface area (Å²) in [5.74, 6) is 0.965. The minimum absolute atomic E-state index is 0.283. The summed E-state index contributed by atoms with van der Waals surface area (Å²) in [6, 6.07) is 9.13. The van der Waals surface area contributed by atoms with Crippen LogP contribution in [-0.4, -0.2) is 50.1 Å². The Morgan fingerprint density at radius 2 is 1.91 bits per heavy atom. The number of piperidine rings is 1. The van der Waals surface area contributed by atoms with Crippen LogP contribution >= 0.6 is 0 Å². The van der Waals surface area contributed by atoms with Gasteiger partial charge in [0, 0.05) is 38.3 Å². The second kappa shape index (κ2) is 9.30. The topological polar surface area (TPSA) is 94.2 Å². The van der Waals surface area contributed by atoms with Gasteiger partial charge in [-0.3, -0.25) is 18.7 Å². The van der Waals surface area contributed by atoms with E-state index in [1.54, 1.807) is 31.3 Å². The Bertz CT molecular complexity index is 1400. The maximum absolute atomic E-state index is 13.7. The average molecular weight is 477 g/mol. The van der Waals surface area contributed by atoms with Crippen molar-refractivity contribution in [1.82, 2.24) is 24.0 Å². The molecule has 2 saturated heterocycles. The Kier molecular flexibility index (Phi) is 6.19. The van der Waals surface area contributed by atoms with Gasteiger partial charge < -0.3 is 14.8 Å². The van der Waals surface area contributed by atoms with Gasteiger partial charge in [0.1, 0.15) is 0 Å². The quantitative estimate of drug-likeness (QED) is 0.432. The molecule has 4 heterocycles. The molecule has 0 unspecified atom stereocenters. The summed E-state index contributed by atoms with van der Waals surface area (Å²) in [7, 11) is 1.61. The van der Waals surface area contributed by atoms with E-state index >= 15 is 0 Å². The summed E-state index contributed by atoms with van der Waals surface area (Å²) in [5.41, 5.74) is 1.27. The maximum atomic E-state index is 13.7. The molecule has 0 spiro atoms. The van der Waals surface area contributed by atoms with Gasteiger partial charge in [-0.15, -0.1) is 0 Å². The Morgan fingerprint density at radius 1 is 1.14 bits per heavy atom. The monoisotopic (exact) mass is 476 g/mol. The van der Waals surface area contributed by atoms with E-state index in [4.69, 9.17) is 4.98 Å². The van der Waals surface area contributed by atoms with Crippen LogP contribution in [0, 0.1) is 5.92 Å². The van der Waals surface area contributed by atoms with Crippen LogP contribution in [-0.2, 0) is 20.1 Å². The van der Waals surface area contributed by atoms with E-state index in [0.29, 0.717) is 41.2 Å². The van der Waals surface area contributed by atoms with E-state index in [9.17, 15) is 14.4 Å². The lowest BCUT2D eigenvalue weighted by Crippen LogP contribution is -2.41. The van der Waals surface area contributed by atoms with Gasteiger partial charge in [0.15, 0.2) is 16.9 Å². The van der Waals surface area contributed by atoms with Gasteiger partial charge in [-0.05, 0) is 39.2 Å². The number of imidazole rings is 1. The predicted octanol–water partition coefficient (Wildman–Crippen LogP) is 1.93. The Hall–Kier alpha value is -3.46. The van der Waals surface area contributed by atoms with Crippen molar-refractivity contribution in [3.8, 4) is 0 Å². The molecule has 2 aliphatic rings. The molecular weight excluding hydrogens is 444 g/mol. The molecule has 0 radical (unpaired) electrons. The molecule has 0 bridgehead atoms. The smallest absolute Gasteiger partial charge is 0.332 e. The zero-order chi connectivity index (χ0) is 24.7. The highest BCUT2D eigenvalue weighted by Gasteiger charge is 2.36. The second-order valence-corrected chi connectivity index (χ2v) is 9.87. The number of nitrogens with zero attached hydrogens (tertiary/aromatic N) is 5. The highest BCUT2D eigenvalue weighted by molar-refractivity contribution is 5.95. The van der Waals surface area contributed by atoms with Gasteiger partial charge in [-0.2, -0.15) is 4.98 Å². The number of aryl methyl sites for hydroxylation is 1. The Balaban J connectivity index is 1.63. The summed E-state index contributed by atoms with van der Waals surface area (Å²) in [4.78, 5) is 46.8. The summed E-state index contributed by atoms with van der Waals surface area (Å²) in [5, 5.41) is 3.61. The van der Waals surface area contributed by atoms with Crippen LogP contribution in [0.3, 0.4) is 0 Å². The number of hydrogen-bond acceptors (Lipinski definition) is 6. The molecule has 5 rings (SSSR count). The first-order chi connectivity index (χ1) is 16.8. The van der Waals surface area contributed by atoms with Crippen LogP contribution < -0.4 is 21.5 Å². The number of nitrogens with one attached hydrogen (secondary N) is 1. The third-order valence-electron chi connectivity index (χ3n) is 7.17. The zero-order valence-electron chi connectivity index (χ0n) is 20.5. The SMILES string of the molecule is CC(C)=CCn1c(N2C[C@@H]3CCCN[C@@H]3C2)nc2c1c(=O)n(CC(=O)c1ccccc1)c(=O)n2C. The molecule has 184 valence electrons. The third-order valence-corrected chi connectivity index (χ3v) is 7.17. The number of aromatic nitrogens is 4. The van der Waals surface area contributed by atoms with Gasteiger partial charge in [0.2, 0.25) is 5.95 Å². The molecule has 9 nitrogen and oxygen atoms in total. The fraction of sp³-hybridized carbons (Fsp3) is 0.462.